The maximum Gasteiger partial charge on any atom is 0.239 e. The van der Waals surface area contributed by atoms with Gasteiger partial charge in [-0.3, -0.25) is 9.69 Å². The van der Waals surface area contributed by atoms with Crippen molar-refractivity contribution in [3.63, 3.8) is 0 Å². The lowest BCUT2D eigenvalue weighted by Gasteiger charge is -2.35. The van der Waals surface area contributed by atoms with Crippen LogP contribution in [0, 0.1) is 0 Å². The zero-order valence-corrected chi connectivity index (χ0v) is 12.7. The number of piperidine rings is 1. The fourth-order valence-electron chi connectivity index (χ4n) is 3.18. The molecule has 1 aliphatic carbocycles. The number of sulfonamides is 1. The van der Waals surface area contributed by atoms with Gasteiger partial charge in [-0.15, -0.1) is 0 Å². The van der Waals surface area contributed by atoms with E-state index in [2.05, 4.69) is 9.62 Å². The Kier molecular flexibility index (Phi) is 3.77. The molecule has 0 spiro atoms. The van der Waals surface area contributed by atoms with E-state index in [4.69, 9.17) is 0 Å². The van der Waals surface area contributed by atoms with Crippen molar-refractivity contribution in [1.29, 1.82) is 0 Å². The minimum Gasteiger partial charge on any atom is -0.344 e. The third-order valence-electron chi connectivity index (χ3n) is 4.66. The third kappa shape index (κ3) is 2.84. The maximum atomic E-state index is 12.0. The number of carbonyl (C=O) groups is 1. The minimum absolute atomic E-state index is 0.0148. The summed E-state index contributed by atoms with van der Waals surface area (Å²) in [6.07, 6.45) is 4.11. The predicted molar refractivity (Wildman–Crippen MR) is 75.7 cm³/mol. The van der Waals surface area contributed by atoms with Gasteiger partial charge in [-0.05, 0) is 32.1 Å². The van der Waals surface area contributed by atoms with Crippen LogP contribution in [0.25, 0.3) is 0 Å². The highest BCUT2D eigenvalue weighted by atomic mass is 32.2. The summed E-state index contributed by atoms with van der Waals surface area (Å²) in [5.41, 5.74) is 0. The summed E-state index contributed by atoms with van der Waals surface area (Å²) < 4.78 is 26.7. The molecule has 1 amide bonds. The first-order valence-corrected chi connectivity index (χ1v) is 9.02. The van der Waals surface area contributed by atoms with Crippen LogP contribution in [0.5, 0.6) is 0 Å². The van der Waals surface area contributed by atoms with E-state index in [0.29, 0.717) is 0 Å². The topological polar surface area (TPSA) is 69.7 Å². The Morgan fingerprint density at radius 2 is 1.70 bits per heavy atom. The molecule has 0 aromatic heterocycles. The van der Waals surface area contributed by atoms with E-state index in [0.717, 1.165) is 51.7 Å². The molecule has 1 saturated carbocycles. The smallest absolute Gasteiger partial charge is 0.239 e. The van der Waals surface area contributed by atoms with Gasteiger partial charge in [0, 0.05) is 32.7 Å². The van der Waals surface area contributed by atoms with Crippen molar-refractivity contribution < 1.29 is 13.2 Å². The van der Waals surface area contributed by atoms with Crippen molar-refractivity contribution in [3.05, 3.63) is 0 Å². The van der Waals surface area contributed by atoms with Crippen LogP contribution < -0.4 is 4.72 Å². The fourth-order valence-corrected chi connectivity index (χ4v) is 4.83. The molecule has 1 unspecified atom stereocenters. The quantitative estimate of drug-likeness (QED) is 0.778. The van der Waals surface area contributed by atoms with Crippen LogP contribution in [-0.4, -0.2) is 68.1 Å². The Morgan fingerprint density at radius 1 is 1.05 bits per heavy atom. The minimum atomic E-state index is -3.09. The Hall–Kier alpha value is -0.660. The first-order chi connectivity index (χ1) is 9.47. The predicted octanol–water partition coefficient (Wildman–Crippen LogP) is -0.237. The van der Waals surface area contributed by atoms with Gasteiger partial charge in [-0.2, -0.15) is 0 Å². The van der Waals surface area contributed by atoms with Crippen molar-refractivity contribution in [1.82, 2.24) is 14.5 Å². The zero-order valence-electron chi connectivity index (χ0n) is 11.9. The lowest BCUT2D eigenvalue weighted by atomic mass is 10.0. The van der Waals surface area contributed by atoms with Gasteiger partial charge < -0.3 is 4.90 Å². The van der Waals surface area contributed by atoms with Gasteiger partial charge in [0.2, 0.25) is 15.9 Å². The maximum absolute atomic E-state index is 12.0. The van der Waals surface area contributed by atoms with E-state index in [9.17, 15) is 13.2 Å². The fraction of sp³-hybridized carbons (Fsp3) is 0.923. The van der Waals surface area contributed by atoms with E-state index in [1.807, 2.05) is 7.05 Å². The average molecular weight is 301 g/mol. The second-order valence-electron chi connectivity index (χ2n) is 6.24. The molecular weight excluding hydrogens is 278 g/mol. The Bertz CT molecular complexity index is 481. The second-order valence-corrected chi connectivity index (χ2v) is 8.23. The van der Waals surface area contributed by atoms with Crippen molar-refractivity contribution in [2.75, 3.05) is 26.7 Å². The molecule has 20 heavy (non-hydrogen) atoms. The van der Waals surface area contributed by atoms with Crippen LogP contribution in [0.3, 0.4) is 0 Å². The summed E-state index contributed by atoms with van der Waals surface area (Å²) in [6.45, 7) is 2.45. The zero-order chi connectivity index (χ0) is 14.3. The van der Waals surface area contributed by atoms with E-state index >= 15 is 0 Å². The summed E-state index contributed by atoms with van der Waals surface area (Å²) in [6, 6.07) is 0.0621. The number of hydrogen-bond acceptors (Lipinski definition) is 4. The molecule has 2 saturated heterocycles. The summed E-state index contributed by atoms with van der Waals surface area (Å²) in [5.74, 6) is 0.210. The van der Waals surface area contributed by atoms with Gasteiger partial charge in [0.25, 0.3) is 0 Å². The van der Waals surface area contributed by atoms with Crippen molar-refractivity contribution in [2.45, 2.75) is 49.4 Å². The van der Waals surface area contributed by atoms with Crippen molar-refractivity contribution >= 4 is 15.9 Å². The number of hydrogen-bond donors (Lipinski definition) is 1. The number of nitrogens with one attached hydrogen (secondary N) is 1. The van der Waals surface area contributed by atoms with E-state index in [1.165, 1.54) is 0 Å². The van der Waals surface area contributed by atoms with E-state index in [1.54, 1.807) is 4.90 Å². The molecule has 1 atom stereocenters. The third-order valence-corrected chi connectivity index (χ3v) is 6.67. The highest BCUT2D eigenvalue weighted by Gasteiger charge is 2.39. The number of likely N-dealkylation sites (tertiary alicyclic amines) is 2. The summed E-state index contributed by atoms with van der Waals surface area (Å²) >= 11 is 0. The molecule has 3 rings (SSSR count). The van der Waals surface area contributed by atoms with E-state index in [-0.39, 0.29) is 23.2 Å². The van der Waals surface area contributed by atoms with Gasteiger partial charge in [-0.25, -0.2) is 13.1 Å². The Balaban J connectivity index is 1.51. The molecule has 114 valence electrons. The molecule has 0 bridgehead atoms. The molecule has 0 aromatic carbocycles. The highest BCUT2D eigenvalue weighted by Crippen LogP contribution is 2.28. The number of carbonyl (C=O) groups excluding carboxylic acids is 1. The van der Waals surface area contributed by atoms with Crippen LogP contribution in [0.2, 0.25) is 0 Å². The Morgan fingerprint density at radius 3 is 2.20 bits per heavy atom. The molecule has 7 heteroatoms. The SMILES string of the molecule is CN1CCC(N2CCC(NS(=O)(=O)C3CC3)CC2)C1=O. The van der Waals surface area contributed by atoms with Gasteiger partial charge in [0.1, 0.15) is 0 Å². The number of rotatable bonds is 4. The van der Waals surface area contributed by atoms with Crippen LogP contribution in [0.15, 0.2) is 0 Å². The van der Waals surface area contributed by atoms with Crippen LogP contribution in [0.4, 0.5) is 0 Å². The Labute approximate surface area is 120 Å². The van der Waals surface area contributed by atoms with Crippen LogP contribution in [0.1, 0.15) is 32.1 Å². The highest BCUT2D eigenvalue weighted by molar-refractivity contribution is 7.90. The van der Waals surface area contributed by atoms with E-state index < -0.39 is 10.0 Å². The summed E-state index contributed by atoms with van der Waals surface area (Å²) in [4.78, 5) is 16.0. The molecule has 6 nitrogen and oxygen atoms in total. The molecule has 2 heterocycles. The molecule has 2 aliphatic heterocycles. The number of amides is 1. The van der Waals surface area contributed by atoms with Gasteiger partial charge in [0.15, 0.2) is 0 Å². The first kappa shape index (κ1) is 14.3. The van der Waals surface area contributed by atoms with Crippen LogP contribution in [-0.2, 0) is 14.8 Å². The molecule has 3 fully saturated rings. The molecule has 0 radical (unpaired) electrons. The van der Waals surface area contributed by atoms with Gasteiger partial charge >= 0.3 is 0 Å². The number of nitrogens with zero attached hydrogens (tertiary/aromatic N) is 2. The normalized spacial score (nSPS) is 30.1. The average Bonchev–Trinajstić information content (AvgIpc) is 3.20. The largest absolute Gasteiger partial charge is 0.344 e. The van der Waals surface area contributed by atoms with Crippen molar-refractivity contribution in [2.24, 2.45) is 0 Å². The van der Waals surface area contributed by atoms with Crippen LogP contribution >= 0.6 is 0 Å². The molecule has 3 aliphatic rings. The number of likely N-dealkylation sites (N-methyl/N-ethyl adjacent to an activating group) is 1. The summed E-state index contributed by atoms with van der Waals surface area (Å²) in [7, 11) is -1.24. The van der Waals surface area contributed by atoms with Crippen molar-refractivity contribution in [3.8, 4) is 0 Å². The monoisotopic (exact) mass is 301 g/mol. The standard InChI is InChI=1S/C13H23N3O3S/c1-15-7-6-12(13(15)17)16-8-4-10(5-9-16)14-20(18,19)11-2-3-11/h10-12,14H,2-9H2,1H3. The first-order valence-electron chi connectivity index (χ1n) is 7.47. The second kappa shape index (κ2) is 5.27. The lowest BCUT2D eigenvalue weighted by molar-refractivity contribution is -0.131. The lowest BCUT2D eigenvalue weighted by Crippen LogP contribution is -2.50. The molecular formula is C13H23N3O3S. The molecule has 0 aromatic rings. The van der Waals surface area contributed by atoms with Gasteiger partial charge in [-0.1, -0.05) is 0 Å². The summed E-state index contributed by atoms with van der Waals surface area (Å²) in [5, 5.41) is -0.148. The van der Waals surface area contributed by atoms with Gasteiger partial charge in [0.05, 0.1) is 11.3 Å². The molecule has 1 N–H and O–H groups in total.